The van der Waals surface area contributed by atoms with Gasteiger partial charge in [0.25, 0.3) is 0 Å². The first kappa shape index (κ1) is 18.3. The van der Waals surface area contributed by atoms with E-state index in [9.17, 15) is 9.59 Å². The molecule has 0 spiro atoms. The molecule has 1 amide bonds. The number of rotatable bonds is 2. The van der Waals surface area contributed by atoms with Gasteiger partial charge in [0.2, 0.25) is 0 Å². The number of ketones is 1. The Labute approximate surface area is 150 Å². The summed E-state index contributed by atoms with van der Waals surface area (Å²) in [5.41, 5.74) is -0.527. The maximum Gasteiger partial charge on any atom is 0.410 e. The van der Waals surface area contributed by atoms with Crippen molar-refractivity contribution in [2.75, 3.05) is 13.1 Å². The fourth-order valence-corrected chi connectivity index (χ4v) is 4.03. The van der Waals surface area contributed by atoms with E-state index in [1.807, 2.05) is 45.0 Å². The van der Waals surface area contributed by atoms with Gasteiger partial charge in [0.1, 0.15) is 11.4 Å². The molecule has 0 aromatic heterocycles. The Morgan fingerprint density at radius 3 is 2.78 bits per heavy atom. The van der Waals surface area contributed by atoms with Gasteiger partial charge in [-0.25, -0.2) is 4.79 Å². The average Bonchev–Trinajstić information content (AvgIpc) is 2.60. The lowest BCUT2D eigenvalue weighted by molar-refractivity contribution is -0.118. The number of halogens is 1. The quantitative estimate of drug-likeness (QED) is 0.733. The van der Waals surface area contributed by atoms with Crippen molar-refractivity contribution in [2.24, 2.45) is 0 Å². The van der Waals surface area contributed by atoms with Gasteiger partial charge in [-0.05, 0) is 45.4 Å². The minimum atomic E-state index is -0.527. The van der Waals surface area contributed by atoms with E-state index in [2.05, 4.69) is 15.9 Å². The van der Waals surface area contributed by atoms with Crippen molar-refractivity contribution in [3.63, 3.8) is 0 Å². The maximum absolute atomic E-state index is 12.3. The molecule has 0 N–H and O–H groups in total. The highest BCUT2D eigenvalue weighted by atomic mass is 79.9. The lowest BCUT2D eigenvalue weighted by Gasteiger charge is -2.27. The van der Waals surface area contributed by atoms with E-state index in [0.717, 1.165) is 9.37 Å². The molecule has 0 aliphatic carbocycles. The standard InChI is InChI=1S/C17H22BrNO3S/c1-17(2,3)22-16(21)19-9-5-8-14(20)15(11-19)23-13-7-4-6-12(18)10-13/h4,6-7,10,15H,5,8-9,11H2,1-3H3. The summed E-state index contributed by atoms with van der Waals surface area (Å²) in [6.45, 7) is 6.51. The van der Waals surface area contributed by atoms with Crippen LogP contribution in [0.2, 0.25) is 0 Å². The molecule has 1 aromatic carbocycles. The molecular weight excluding hydrogens is 378 g/mol. The van der Waals surface area contributed by atoms with Gasteiger partial charge in [0.15, 0.2) is 0 Å². The molecular formula is C17H22BrNO3S. The summed E-state index contributed by atoms with van der Waals surface area (Å²) < 4.78 is 6.42. The van der Waals surface area contributed by atoms with Crippen LogP contribution in [0.25, 0.3) is 0 Å². The number of benzene rings is 1. The molecule has 23 heavy (non-hydrogen) atoms. The van der Waals surface area contributed by atoms with E-state index in [1.165, 1.54) is 11.8 Å². The highest BCUT2D eigenvalue weighted by Crippen LogP contribution is 2.29. The molecule has 0 saturated carbocycles. The minimum absolute atomic E-state index is 0.195. The van der Waals surface area contributed by atoms with E-state index in [0.29, 0.717) is 25.9 Å². The Kier molecular flexibility index (Phi) is 6.14. The maximum atomic E-state index is 12.3. The summed E-state index contributed by atoms with van der Waals surface area (Å²) in [7, 11) is 0. The normalized spacial score (nSPS) is 19.4. The third kappa shape index (κ3) is 5.84. The van der Waals surface area contributed by atoms with Gasteiger partial charge >= 0.3 is 6.09 Å². The van der Waals surface area contributed by atoms with Crippen molar-refractivity contribution in [2.45, 2.75) is 49.4 Å². The molecule has 1 aliphatic heterocycles. The third-order valence-electron chi connectivity index (χ3n) is 3.32. The van der Waals surface area contributed by atoms with Crippen LogP contribution in [0.4, 0.5) is 4.79 Å². The van der Waals surface area contributed by atoms with Crippen molar-refractivity contribution in [1.82, 2.24) is 4.90 Å². The smallest absolute Gasteiger partial charge is 0.410 e. The number of thioether (sulfide) groups is 1. The Morgan fingerprint density at radius 1 is 1.39 bits per heavy atom. The van der Waals surface area contributed by atoms with Crippen LogP contribution in [-0.4, -0.2) is 40.7 Å². The second-order valence-electron chi connectivity index (χ2n) is 6.56. The number of hydrogen-bond acceptors (Lipinski definition) is 4. The van der Waals surface area contributed by atoms with Crippen LogP contribution >= 0.6 is 27.7 Å². The van der Waals surface area contributed by atoms with Crippen LogP contribution in [0, 0.1) is 0 Å². The van der Waals surface area contributed by atoms with E-state index in [-0.39, 0.29) is 17.1 Å². The number of ether oxygens (including phenoxy) is 1. The van der Waals surface area contributed by atoms with E-state index < -0.39 is 5.60 Å². The van der Waals surface area contributed by atoms with Crippen molar-refractivity contribution in [3.8, 4) is 0 Å². The summed E-state index contributed by atoms with van der Waals surface area (Å²) >= 11 is 4.95. The Hall–Kier alpha value is -1.01. The average molecular weight is 400 g/mol. The van der Waals surface area contributed by atoms with Crippen molar-refractivity contribution < 1.29 is 14.3 Å². The second kappa shape index (κ2) is 7.71. The molecule has 1 atom stereocenters. The van der Waals surface area contributed by atoms with Crippen molar-refractivity contribution in [3.05, 3.63) is 28.7 Å². The van der Waals surface area contributed by atoms with E-state index >= 15 is 0 Å². The summed E-state index contributed by atoms with van der Waals surface area (Å²) in [5.74, 6) is 0.195. The molecule has 1 saturated heterocycles. The zero-order valence-corrected chi connectivity index (χ0v) is 16.1. The first-order valence-electron chi connectivity index (χ1n) is 7.67. The Morgan fingerprint density at radius 2 is 2.13 bits per heavy atom. The SMILES string of the molecule is CC(C)(C)OC(=O)N1CCCC(=O)C(Sc2cccc(Br)c2)C1. The number of amides is 1. The molecule has 0 bridgehead atoms. The van der Waals surface area contributed by atoms with Crippen LogP contribution in [0.3, 0.4) is 0 Å². The molecule has 2 rings (SSSR count). The second-order valence-corrected chi connectivity index (χ2v) is 8.75. The van der Waals surface area contributed by atoms with Gasteiger partial charge in [-0.15, -0.1) is 11.8 Å². The van der Waals surface area contributed by atoms with Gasteiger partial charge in [-0.3, -0.25) is 4.79 Å². The number of Topliss-reactive ketones (excluding diaryl/α,β-unsaturated/α-hetero) is 1. The van der Waals surface area contributed by atoms with Crippen LogP contribution < -0.4 is 0 Å². The molecule has 1 unspecified atom stereocenters. The molecule has 6 heteroatoms. The first-order chi connectivity index (χ1) is 10.7. The number of carbonyl (C=O) groups is 2. The largest absolute Gasteiger partial charge is 0.444 e. The highest BCUT2D eigenvalue weighted by molar-refractivity contribution is 9.10. The summed E-state index contributed by atoms with van der Waals surface area (Å²) in [6.07, 6.45) is 0.852. The predicted molar refractivity (Wildman–Crippen MR) is 95.8 cm³/mol. The first-order valence-corrected chi connectivity index (χ1v) is 9.35. The number of nitrogens with zero attached hydrogens (tertiary/aromatic N) is 1. The fraction of sp³-hybridized carbons (Fsp3) is 0.529. The number of likely N-dealkylation sites (tertiary alicyclic amines) is 1. The number of carbonyl (C=O) groups excluding carboxylic acids is 2. The van der Waals surface area contributed by atoms with Gasteiger partial charge in [-0.2, -0.15) is 0 Å². The molecule has 0 radical (unpaired) electrons. The molecule has 1 aromatic rings. The lowest BCUT2D eigenvalue weighted by atomic mass is 10.2. The topological polar surface area (TPSA) is 46.6 Å². The summed E-state index contributed by atoms with van der Waals surface area (Å²) in [6, 6.07) is 7.86. The zero-order chi connectivity index (χ0) is 17.0. The molecule has 1 aliphatic rings. The third-order valence-corrected chi connectivity index (χ3v) is 5.04. The number of hydrogen-bond donors (Lipinski definition) is 0. The Balaban J connectivity index is 2.08. The Bertz CT molecular complexity index is 585. The van der Waals surface area contributed by atoms with Gasteiger partial charge in [0, 0.05) is 28.9 Å². The van der Waals surface area contributed by atoms with Gasteiger partial charge < -0.3 is 9.64 Å². The molecule has 1 fully saturated rings. The summed E-state index contributed by atoms with van der Waals surface area (Å²) in [5, 5.41) is -0.251. The fourth-order valence-electron chi connectivity index (χ4n) is 2.30. The van der Waals surface area contributed by atoms with E-state index in [4.69, 9.17) is 4.74 Å². The van der Waals surface area contributed by atoms with Gasteiger partial charge in [-0.1, -0.05) is 22.0 Å². The van der Waals surface area contributed by atoms with E-state index in [1.54, 1.807) is 4.90 Å². The van der Waals surface area contributed by atoms with Crippen LogP contribution in [-0.2, 0) is 9.53 Å². The van der Waals surface area contributed by atoms with Crippen LogP contribution in [0.1, 0.15) is 33.6 Å². The minimum Gasteiger partial charge on any atom is -0.444 e. The summed E-state index contributed by atoms with van der Waals surface area (Å²) in [4.78, 5) is 27.3. The zero-order valence-electron chi connectivity index (χ0n) is 13.7. The molecule has 126 valence electrons. The monoisotopic (exact) mass is 399 g/mol. The predicted octanol–water partition coefficient (Wildman–Crippen LogP) is 4.51. The van der Waals surface area contributed by atoms with Gasteiger partial charge in [0.05, 0.1) is 5.25 Å². The lowest BCUT2D eigenvalue weighted by Crippen LogP contribution is -2.40. The van der Waals surface area contributed by atoms with Crippen LogP contribution in [0.5, 0.6) is 0 Å². The highest BCUT2D eigenvalue weighted by Gasteiger charge is 2.30. The van der Waals surface area contributed by atoms with Crippen molar-refractivity contribution in [1.29, 1.82) is 0 Å². The van der Waals surface area contributed by atoms with Crippen molar-refractivity contribution >= 4 is 39.6 Å². The van der Waals surface area contributed by atoms with Crippen LogP contribution in [0.15, 0.2) is 33.6 Å². The molecule has 4 nitrogen and oxygen atoms in total. The molecule has 1 heterocycles.